The molecule has 0 aliphatic heterocycles. The summed E-state index contributed by atoms with van der Waals surface area (Å²) in [7, 11) is 3.56. The highest BCUT2D eigenvalue weighted by Gasteiger charge is 2.18. The van der Waals surface area contributed by atoms with Gasteiger partial charge in [0.15, 0.2) is 0 Å². The normalized spacial score (nSPS) is 12.2. The number of fused-ring (bicyclic) bond motifs is 1. The topological polar surface area (TPSA) is 69.0 Å². The lowest BCUT2D eigenvalue weighted by molar-refractivity contribution is 0.0939. The van der Waals surface area contributed by atoms with Crippen LogP contribution in [-0.4, -0.2) is 33.8 Å². The smallest absolute Gasteiger partial charge is 0.253 e. The quantitative estimate of drug-likeness (QED) is 0.752. The number of carbonyl (C=O) groups is 1. The zero-order valence-corrected chi connectivity index (χ0v) is 16.8. The van der Waals surface area contributed by atoms with Crippen LogP contribution >= 0.6 is 0 Å². The summed E-state index contributed by atoms with van der Waals surface area (Å²) in [5, 5.41) is 8.43. The van der Waals surface area contributed by atoms with Crippen LogP contribution in [0, 0.1) is 20.8 Å². The molecule has 6 heteroatoms. The van der Waals surface area contributed by atoms with Crippen molar-refractivity contribution in [2.45, 2.75) is 40.2 Å². The highest BCUT2D eigenvalue weighted by Crippen LogP contribution is 2.25. The Labute approximate surface area is 159 Å². The van der Waals surface area contributed by atoms with Crippen LogP contribution < -0.4 is 10.1 Å². The molecule has 0 saturated carbocycles. The standard InChI is InChI=1S/C21H26N4O2/c1-12(10-17-14(3)24-25(5)15(17)4)22-21(26)18-11-16-8-7-9-19(27-6)20(16)23-13(18)2/h7-9,11-12H,10H2,1-6H3,(H,22,26). The van der Waals surface area contributed by atoms with E-state index < -0.39 is 0 Å². The van der Waals surface area contributed by atoms with E-state index in [1.807, 2.05) is 56.8 Å². The van der Waals surface area contributed by atoms with Crippen LogP contribution in [0.5, 0.6) is 5.75 Å². The summed E-state index contributed by atoms with van der Waals surface area (Å²) in [4.78, 5) is 17.4. The molecule has 0 radical (unpaired) electrons. The number of hydrogen-bond acceptors (Lipinski definition) is 4. The third-order valence-electron chi connectivity index (χ3n) is 5.01. The fraction of sp³-hybridized carbons (Fsp3) is 0.381. The van der Waals surface area contributed by atoms with Crippen molar-refractivity contribution in [3.8, 4) is 5.75 Å². The molecule has 3 rings (SSSR count). The SMILES string of the molecule is COc1cccc2cc(C(=O)NC(C)Cc3c(C)nn(C)c3C)c(C)nc12. The van der Waals surface area contributed by atoms with Crippen molar-refractivity contribution in [3.05, 3.63) is 52.5 Å². The third kappa shape index (κ3) is 3.65. The maximum Gasteiger partial charge on any atom is 0.253 e. The summed E-state index contributed by atoms with van der Waals surface area (Å²) in [6.07, 6.45) is 0.741. The van der Waals surface area contributed by atoms with Gasteiger partial charge in [0, 0.05) is 24.2 Å². The molecule has 3 aromatic rings. The summed E-state index contributed by atoms with van der Waals surface area (Å²) in [5.74, 6) is 0.592. The fourth-order valence-corrected chi connectivity index (χ4v) is 3.43. The lowest BCUT2D eigenvalue weighted by atomic mass is 10.0. The molecule has 142 valence electrons. The van der Waals surface area contributed by atoms with E-state index in [9.17, 15) is 4.79 Å². The molecule has 1 amide bonds. The van der Waals surface area contributed by atoms with Crippen molar-refractivity contribution in [2.24, 2.45) is 7.05 Å². The average Bonchev–Trinajstić information content (AvgIpc) is 2.86. The maximum atomic E-state index is 12.8. The Morgan fingerprint density at radius 1 is 1.26 bits per heavy atom. The highest BCUT2D eigenvalue weighted by molar-refractivity contribution is 5.99. The van der Waals surface area contributed by atoms with E-state index in [0.29, 0.717) is 17.0 Å². The largest absolute Gasteiger partial charge is 0.494 e. The van der Waals surface area contributed by atoms with E-state index in [1.54, 1.807) is 7.11 Å². The molecule has 0 aliphatic carbocycles. The molecule has 1 unspecified atom stereocenters. The first-order chi connectivity index (χ1) is 12.8. The number of nitrogens with one attached hydrogen (secondary N) is 1. The minimum Gasteiger partial charge on any atom is -0.494 e. The molecule has 0 spiro atoms. The second kappa shape index (κ2) is 7.39. The molecular weight excluding hydrogens is 340 g/mol. The number of methoxy groups -OCH3 is 1. The summed E-state index contributed by atoms with van der Waals surface area (Å²) < 4.78 is 7.25. The number of nitrogens with zero attached hydrogens (tertiary/aromatic N) is 3. The van der Waals surface area contributed by atoms with Crippen LogP contribution in [0.3, 0.4) is 0 Å². The second-order valence-electron chi connectivity index (χ2n) is 7.00. The molecular formula is C21H26N4O2. The van der Waals surface area contributed by atoms with Gasteiger partial charge in [0.05, 0.1) is 24.1 Å². The van der Waals surface area contributed by atoms with Gasteiger partial charge in [-0.05, 0) is 51.8 Å². The Morgan fingerprint density at radius 3 is 2.63 bits per heavy atom. The van der Waals surface area contributed by atoms with Gasteiger partial charge in [0.2, 0.25) is 0 Å². The van der Waals surface area contributed by atoms with Gasteiger partial charge in [0.1, 0.15) is 11.3 Å². The van der Waals surface area contributed by atoms with Crippen molar-refractivity contribution in [2.75, 3.05) is 7.11 Å². The van der Waals surface area contributed by atoms with E-state index in [-0.39, 0.29) is 11.9 Å². The predicted octanol–water partition coefficient (Wildman–Crippen LogP) is 3.26. The van der Waals surface area contributed by atoms with Crippen LogP contribution in [0.15, 0.2) is 24.3 Å². The minimum absolute atomic E-state index is 0.0143. The summed E-state index contributed by atoms with van der Waals surface area (Å²) >= 11 is 0. The minimum atomic E-state index is -0.114. The van der Waals surface area contributed by atoms with Crippen molar-refractivity contribution < 1.29 is 9.53 Å². The molecule has 2 heterocycles. The van der Waals surface area contributed by atoms with Crippen molar-refractivity contribution >= 4 is 16.8 Å². The van der Waals surface area contributed by atoms with Crippen LogP contribution in [0.25, 0.3) is 10.9 Å². The number of hydrogen-bond donors (Lipinski definition) is 1. The number of pyridine rings is 1. The molecule has 1 N–H and O–H groups in total. The molecule has 0 bridgehead atoms. The first kappa shape index (κ1) is 18.9. The van der Waals surface area contributed by atoms with Crippen LogP contribution in [0.4, 0.5) is 0 Å². The summed E-state index contributed by atoms with van der Waals surface area (Å²) in [5.41, 5.74) is 5.36. The fourth-order valence-electron chi connectivity index (χ4n) is 3.43. The summed E-state index contributed by atoms with van der Waals surface area (Å²) in [6.45, 7) is 7.91. The summed E-state index contributed by atoms with van der Waals surface area (Å²) in [6, 6.07) is 7.57. The lowest BCUT2D eigenvalue weighted by Gasteiger charge is -2.16. The molecule has 0 aliphatic rings. The Bertz CT molecular complexity index is 1010. The number of carbonyl (C=O) groups excluding carboxylic acids is 1. The number of amides is 1. The van der Waals surface area contributed by atoms with Crippen LogP contribution in [0.2, 0.25) is 0 Å². The molecule has 1 aromatic carbocycles. The van der Waals surface area contributed by atoms with Gasteiger partial charge in [-0.3, -0.25) is 9.48 Å². The average molecular weight is 366 g/mol. The van der Waals surface area contributed by atoms with Crippen molar-refractivity contribution in [3.63, 3.8) is 0 Å². The van der Waals surface area contributed by atoms with Gasteiger partial charge in [-0.2, -0.15) is 5.10 Å². The Kier molecular flexibility index (Phi) is 5.17. The van der Waals surface area contributed by atoms with Gasteiger partial charge in [0.25, 0.3) is 5.91 Å². The van der Waals surface area contributed by atoms with Gasteiger partial charge in [-0.25, -0.2) is 4.98 Å². The Hall–Kier alpha value is -2.89. The first-order valence-corrected chi connectivity index (χ1v) is 9.06. The van der Waals surface area contributed by atoms with Crippen LogP contribution in [0.1, 0.15) is 39.9 Å². The number of aromatic nitrogens is 3. The monoisotopic (exact) mass is 366 g/mol. The second-order valence-corrected chi connectivity index (χ2v) is 7.00. The maximum absolute atomic E-state index is 12.8. The molecule has 0 fully saturated rings. The number of para-hydroxylation sites is 1. The van der Waals surface area contributed by atoms with E-state index in [1.165, 1.54) is 5.56 Å². The molecule has 6 nitrogen and oxygen atoms in total. The highest BCUT2D eigenvalue weighted by atomic mass is 16.5. The van der Waals surface area contributed by atoms with Gasteiger partial charge in [-0.1, -0.05) is 12.1 Å². The lowest BCUT2D eigenvalue weighted by Crippen LogP contribution is -2.34. The molecule has 0 saturated heterocycles. The Morgan fingerprint density at radius 2 is 2.00 bits per heavy atom. The van der Waals surface area contributed by atoms with Crippen LogP contribution in [-0.2, 0) is 13.5 Å². The first-order valence-electron chi connectivity index (χ1n) is 9.06. The zero-order valence-electron chi connectivity index (χ0n) is 16.8. The zero-order chi connectivity index (χ0) is 19.7. The van der Waals surface area contributed by atoms with E-state index in [2.05, 4.69) is 22.3 Å². The van der Waals surface area contributed by atoms with E-state index in [4.69, 9.17) is 4.74 Å². The van der Waals surface area contributed by atoms with Crippen molar-refractivity contribution in [1.29, 1.82) is 0 Å². The van der Waals surface area contributed by atoms with Gasteiger partial charge in [-0.15, -0.1) is 0 Å². The number of benzene rings is 1. The molecule has 27 heavy (non-hydrogen) atoms. The predicted molar refractivity (Wildman–Crippen MR) is 106 cm³/mol. The number of aryl methyl sites for hydroxylation is 3. The van der Waals surface area contributed by atoms with Gasteiger partial charge >= 0.3 is 0 Å². The third-order valence-corrected chi connectivity index (χ3v) is 5.01. The number of ether oxygens (including phenoxy) is 1. The van der Waals surface area contributed by atoms with Crippen molar-refractivity contribution in [1.82, 2.24) is 20.1 Å². The Balaban J connectivity index is 1.82. The molecule has 2 aromatic heterocycles. The number of rotatable bonds is 5. The molecule has 1 atom stereocenters. The van der Waals surface area contributed by atoms with Gasteiger partial charge < -0.3 is 10.1 Å². The van der Waals surface area contributed by atoms with E-state index in [0.717, 1.165) is 28.7 Å². The van der Waals surface area contributed by atoms with E-state index >= 15 is 0 Å².